The number of ether oxygens (including phenoxy) is 1. The lowest BCUT2D eigenvalue weighted by molar-refractivity contribution is 0.0473. The van der Waals surface area contributed by atoms with Crippen molar-refractivity contribution in [2.24, 2.45) is 0 Å². The van der Waals surface area contributed by atoms with Crippen LogP contribution in [-0.2, 0) is 11.3 Å². The predicted octanol–water partition coefficient (Wildman–Crippen LogP) is 3.89. The van der Waals surface area contributed by atoms with Gasteiger partial charge in [-0.05, 0) is 35.9 Å². The Morgan fingerprint density at radius 3 is 2.76 bits per heavy atom. The predicted molar refractivity (Wildman–Crippen MR) is 84.6 cm³/mol. The van der Waals surface area contributed by atoms with Gasteiger partial charge in [0.25, 0.3) is 0 Å². The van der Waals surface area contributed by atoms with Gasteiger partial charge in [0.05, 0.1) is 15.8 Å². The Bertz CT molecular complexity index is 799. The Labute approximate surface area is 130 Å². The second kappa shape index (κ2) is 5.71. The number of carbonyl (C=O) groups excluding carboxylic acids is 1. The van der Waals surface area contributed by atoms with Crippen molar-refractivity contribution in [1.29, 1.82) is 0 Å². The third-order valence-corrected chi connectivity index (χ3v) is 4.02. The quantitative estimate of drug-likeness (QED) is 0.744. The van der Waals surface area contributed by atoms with E-state index < -0.39 is 0 Å². The highest BCUT2D eigenvalue weighted by Crippen LogP contribution is 2.25. The smallest absolute Gasteiger partial charge is 0.338 e. The largest absolute Gasteiger partial charge is 0.457 e. The number of nitrogens with two attached hydrogens (primary N) is 1. The molecule has 1 aromatic heterocycles. The van der Waals surface area contributed by atoms with Crippen molar-refractivity contribution in [2.75, 3.05) is 5.73 Å². The summed E-state index contributed by atoms with van der Waals surface area (Å²) in [6, 6.07) is 12.4. The molecule has 0 aliphatic carbocycles. The molecule has 3 aromatic rings. The van der Waals surface area contributed by atoms with Gasteiger partial charge >= 0.3 is 5.97 Å². The first-order chi connectivity index (χ1) is 10.1. The van der Waals surface area contributed by atoms with Gasteiger partial charge in [0, 0.05) is 5.02 Å². The van der Waals surface area contributed by atoms with Crippen molar-refractivity contribution in [3.63, 3.8) is 0 Å². The van der Waals surface area contributed by atoms with Crippen LogP contribution in [0.3, 0.4) is 0 Å². The van der Waals surface area contributed by atoms with Crippen LogP contribution in [0.1, 0.15) is 15.9 Å². The monoisotopic (exact) mass is 318 g/mol. The molecule has 21 heavy (non-hydrogen) atoms. The van der Waals surface area contributed by atoms with Crippen molar-refractivity contribution in [3.05, 3.63) is 58.6 Å². The number of fused-ring (bicyclic) bond motifs is 1. The molecular weight excluding hydrogens is 308 g/mol. The van der Waals surface area contributed by atoms with Crippen LogP contribution in [-0.4, -0.2) is 11.0 Å². The number of carbonyl (C=O) groups is 1. The molecule has 0 unspecified atom stereocenters. The summed E-state index contributed by atoms with van der Waals surface area (Å²) in [7, 11) is 0. The van der Waals surface area contributed by atoms with Gasteiger partial charge in [-0.15, -0.1) is 0 Å². The van der Waals surface area contributed by atoms with E-state index in [9.17, 15) is 4.79 Å². The molecular formula is C15H11ClN2O2S. The molecule has 2 N–H and O–H groups in total. The maximum absolute atomic E-state index is 12.0. The van der Waals surface area contributed by atoms with Crippen LogP contribution in [0, 0.1) is 0 Å². The van der Waals surface area contributed by atoms with Crippen molar-refractivity contribution in [2.45, 2.75) is 6.61 Å². The standard InChI is InChI=1S/C15H11ClN2O2S/c16-11-4-1-9(2-5-11)8-20-14(19)10-3-6-12-13(7-10)21-15(17)18-12/h1-7H,8H2,(H2,17,18). The van der Waals surface area contributed by atoms with E-state index in [0.717, 1.165) is 15.8 Å². The summed E-state index contributed by atoms with van der Waals surface area (Å²) >= 11 is 7.15. The van der Waals surface area contributed by atoms with Crippen LogP contribution >= 0.6 is 22.9 Å². The number of nitrogen functional groups attached to an aromatic ring is 1. The summed E-state index contributed by atoms with van der Waals surface area (Å²) in [6.45, 7) is 0.207. The van der Waals surface area contributed by atoms with E-state index in [1.165, 1.54) is 11.3 Å². The van der Waals surface area contributed by atoms with Crippen molar-refractivity contribution < 1.29 is 9.53 Å². The summed E-state index contributed by atoms with van der Waals surface area (Å²) < 4.78 is 6.15. The van der Waals surface area contributed by atoms with Gasteiger partial charge in [0.15, 0.2) is 5.13 Å². The molecule has 1 heterocycles. The van der Waals surface area contributed by atoms with E-state index in [2.05, 4.69) is 4.98 Å². The second-order valence-corrected chi connectivity index (χ2v) is 5.94. The van der Waals surface area contributed by atoms with Gasteiger partial charge < -0.3 is 10.5 Å². The summed E-state index contributed by atoms with van der Waals surface area (Å²) in [5.41, 5.74) is 7.80. The maximum Gasteiger partial charge on any atom is 0.338 e. The molecule has 0 fully saturated rings. The van der Waals surface area contributed by atoms with E-state index >= 15 is 0 Å². The molecule has 3 rings (SSSR count). The normalized spacial score (nSPS) is 10.7. The number of rotatable bonds is 3. The highest BCUT2D eigenvalue weighted by molar-refractivity contribution is 7.22. The molecule has 0 aliphatic rings. The zero-order valence-corrected chi connectivity index (χ0v) is 12.4. The first-order valence-electron chi connectivity index (χ1n) is 6.19. The maximum atomic E-state index is 12.0. The van der Waals surface area contributed by atoms with Crippen LogP contribution in [0.2, 0.25) is 5.02 Å². The molecule has 0 saturated carbocycles. The van der Waals surface area contributed by atoms with E-state index in [0.29, 0.717) is 15.7 Å². The zero-order valence-electron chi connectivity index (χ0n) is 10.9. The van der Waals surface area contributed by atoms with E-state index in [1.54, 1.807) is 30.3 Å². The average molecular weight is 319 g/mol. The molecule has 2 aromatic carbocycles. The molecule has 106 valence electrons. The number of hydrogen-bond donors (Lipinski definition) is 1. The Morgan fingerprint density at radius 1 is 1.24 bits per heavy atom. The van der Waals surface area contributed by atoms with E-state index in [4.69, 9.17) is 22.1 Å². The minimum Gasteiger partial charge on any atom is -0.457 e. The zero-order chi connectivity index (χ0) is 14.8. The summed E-state index contributed by atoms with van der Waals surface area (Å²) in [4.78, 5) is 16.2. The Kier molecular flexibility index (Phi) is 3.77. The molecule has 0 aliphatic heterocycles. The number of aromatic nitrogens is 1. The highest BCUT2D eigenvalue weighted by Gasteiger charge is 2.10. The number of thiazole rings is 1. The van der Waals surface area contributed by atoms with Gasteiger partial charge in [0.2, 0.25) is 0 Å². The van der Waals surface area contributed by atoms with Crippen LogP contribution in [0.5, 0.6) is 0 Å². The number of nitrogens with zero attached hydrogens (tertiary/aromatic N) is 1. The molecule has 6 heteroatoms. The summed E-state index contributed by atoms with van der Waals surface area (Å²) in [5, 5.41) is 1.13. The molecule has 0 bridgehead atoms. The molecule has 0 saturated heterocycles. The van der Waals surface area contributed by atoms with Crippen LogP contribution in [0.25, 0.3) is 10.2 Å². The van der Waals surface area contributed by atoms with Gasteiger partial charge in [-0.3, -0.25) is 0 Å². The van der Waals surface area contributed by atoms with Crippen LogP contribution in [0.4, 0.5) is 5.13 Å². The number of benzene rings is 2. The van der Waals surface area contributed by atoms with Gasteiger partial charge in [-0.25, -0.2) is 9.78 Å². The average Bonchev–Trinajstić information content (AvgIpc) is 2.85. The molecule has 0 atom stereocenters. The highest BCUT2D eigenvalue weighted by atomic mass is 35.5. The third kappa shape index (κ3) is 3.15. The Morgan fingerprint density at radius 2 is 2.00 bits per heavy atom. The molecule has 0 amide bonds. The first kappa shape index (κ1) is 13.9. The Hall–Kier alpha value is -2.11. The lowest BCUT2D eigenvalue weighted by Crippen LogP contribution is -2.04. The van der Waals surface area contributed by atoms with Gasteiger partial charge in [-0.2, -0.15) is 0 Å². The topological polar surface area (TPSA) is 65.2 Å². The van der Waals surface area contributed by atoms with Crippen molar-refractivity contribution in [1.82, 2.24) is 4.98 Å². The van der Waals surface area contributed by atoms with Gasteiger partial charge in [-0.1, -0.05) is 35.1 Å². The number of hydrogen-bond acceptors (Lipinski definition) is 5. The number of esters is 1. The lowest BCUT2D eigenvalue weighted by atomic mass is 10.2. The van der Waals surface area contributed by atoms with Crippen LogP contribution in [0.15, 0.2) is 42.5 Å². The Balaban J connectivity index is 1.72. The van der Waals surface area contributed by atoms with Crippen molar-refractivity contribution in [3.8, 4) is 0 Å². The minimum atomic E-state index is -0.376. The molecule has 0 radical (unpaired) electrons. The van der Waals surface area contributed by atoms with E-state index in [1.807, 2.05) is 12.1 Å². The summed E-state index contributed by atoms with van der Waals surface area (Å²) in [5.74, 6) is -0.376. The fraction of sp³-hybridized carbons (Fsp3) is 0.0667. The summed E-state index contributed by atoms with van der Waals surface area (Å²) in [6.07, 6.45) is 0. The fourth-order valence-electron chi connectivity index (χ4n) is 1.88. The second-order valence-electron chi connectivity index (χ2n) is 4.44. The fourth-order valence-corrected chi connectivity index (χ4v) is 2.78. The van der Waals surface area contributed by atoms with Gasteiger partial charge in [0.1, 0.15) is 6.61 Å². The SMILES string of the molecule is Nc1nc2ccc(C(=O)OCc3ccc(Cl)cc3)cc2s1. The number of halogens is 1. The number of anilines is 1. The first-order valence-corrected chi connectivity index (χ1v) is 7.39. The van der Waals surface area contributed by atoms with Crippen molar-refractivity contribution >= 4 is 44.3 Å². The lowest BCUT2D eigenvalue weighted by Gasteiger charge is -2.05. The van der Waals surface area contributed by atoms with E-state index in [-0.39, 0.29) is 12.6 Å². The minimum absolute atomic E-state index is 0.207. The molecule has 4 nitrogen and oxygen atoms in total. The third-order valence-electron chi connectivity index (χ3n) is 2.92. The van der Waals surface area contributed by atoms with Crippen LogP contribution < -0.4 is 5.73 Å². The molecule has 0 spiro atoms.